The number of aliphatic imine (C=N–C) groups is 1. The highest BCUT2D eigenvalue weighted by Crippen LogP contribution is 2.30. The van der Waals surface area contributed by atoms with Gasteiger partial charge in [0, 0.05) is 32.7 Å². The zero-order chi connectivity index (χ0) is 20.6. The molecule has 0 aromatic rings. The fraction of sp³-hybridized carbons (Fsp3) is 0.833. The van der Waals surface area contributed by atoms with Crippen molar-refractivity contribution < 1.29 is 21.6 Å². The number of nitrogens with zero attached hydrogens (tertiary/aromatic N) is 2. The Morgan fingerprint density at radius 2 is 1.93 bits per heavy atom. The molecule has 0 saturated carbocycles. The highest BCUT2D eigenvalue weighted by atomic mass is 127. The molecule has 0 bridgehead atoms. The van der Waals surface area contributed by atoms with Crippen molar-refractivity contribution in [3.63, 3.8) is 0 Å². The lowest BCUT2D eigenvalue weighted by Crippen LogP contribution is -2.45. The second-order valence-electron chi connectivity index (χ2n) is 7.30. The average Bonchev–Trinajstić information content (AvgIpc) is 2.66. The van der Waals surface area contributed by atoms with E-state index in [4.69, 9.17) is 0 Å². The number of halogens is 4. The Balaban J connectivity index is 0.00000420. The SMILES string of the molecule is CCNC(=NCC1CCN(S(=O)(=O)C(F)(F)F)CC1)NCCC1=CCCCC1.I. The second-order valence-corrected chi connectivity index (χ2v) is 9.23. The Labute approximate surface area is 188 Å². The fourth-order valence-electron chi connectivity index (χ4n) is 3.51. The molecule has 1 saturated heterocycles. The molecule has 1 heterocycles. The third kappa shape index (κ3) is 8.23. The van der Waals surface area contributed by atoms with Gasteiger partial charge in [0.15, 0.2) is 5.96 Å². The van der Waals surface area contributed by atoms with Crippen molar-refractivity contribution in [2.24, 2.45) is 10.9 Å². The van der Waals surface area contributed by atoms with Gasteiger partial charge in [-0.2, -0.15) is 17.5 Å². The number of sulfonamides is 1. The smallest absolute Gasteiger partial charge is 0.357 e. The van der Waals surface area contributed by atoms with E-state index in [-0.39, 0.29) is 43.0 Å². The van der Waals surface area contributed by atoms with E-state index >= 15 is 0 Å². The van der Waals surface area contributed by atoms with Crippen LogP contribution in [0.15, 0.2) is 16.6 Å². The predicted octanol–water partition coefficient (Wildman–Crippen LogP) is 3.61. The number of guanidine groups is 1. The van der Waals surface area contributed by atoms with Crippen molar-refractivity contribution in [3.05, 3.63) is 11.6 Å². The molecule has 0 unspecified atom stereocenters. The van der Waals surface area contributed by atoms with E-state index < -0.39 is 15.5 Å². The summed E-state index contributed by atoms with van der Waals surface area (Å²) in [6, 6.07) is 0. The Kier molecular flexibility index (Phi) is 11.3. The van der Waals surface area contributed by atoms with Gasteiger partial charge in [-0.3, -0.25) is 4.99 Å². The van der Waals surface area contributed by atoms with E-state index in [0.717, 1.165) is 32.4 Å². The van der Waals surface area contributed by atoms with Crippen LogP contribution in [0.2, 0.25) is 0 Å². The zero-order valence-corrected chi connectivity index (χ0v) is 19.9. The molecule has 29 heavy (non-hydrogen) atoms. The molecule has 0 aromatic carbocycles. The lowest BCUT2D eigenvalue weighted by Gasteiger charge is -2.30. The van der Waals surface area contributed by atoms with Crippen LogP contribution in [0.25, 0.3) is 0 Å². The molecule has 0 amide bonds. The van der Waals surface area contributed by atoms with Crippen LogP contribution < -0.4 is 10.6 Å². The molecule has 2 rings (SSSR count). The minimum Gasteiger partial charge on any atom is -0.357 e. The summed E-state index contributed by atoms with van der Waals surface area (Å²) in [5.74, 6) is 0.778. The molecular weight excluding hydrogens is 520 g/mol. The number of alkyl halides is 3. The highest BCUT2D eigenvalue weighted by molar-refractivity contribution is 14.0. The van der Waals surface area contributed by atoms with Crippen molar-refractivity contribution in [2.45, 2.75) is 57.4 Å². The van der Waals surface area contributed by atoms with Gasteiger partial charge in [0.2, 0.25) is 0 Å². The first-order chi connectivity index (χ1) is 13.2. The fourth-order valence-corrected chi connectivity index (χ4v) is 4.50. The summed E-state index contributed by atoms with van der Waals surface area (Å²) in [5, 5.41) is 6.48. The van der Waals surface area contributed by atoms with E-state index in [9.17, 15) is 21.6 Å². The van der Waals surface area contributed by atoms with Crippen LogP contribution in [0.3, 0.4) is 0 Å². The van der Waals surface area contributed by atoms with Crippen molar-refractivity contribution in [2.75, 3.05) is 32.7 Å². The third-order valence-corrected chi connectivity index (χ3v) is 6.81. The van der Waals surface area contributed by atoms with Gasteiger partial charge in [-0.25, -0.2) is 8.42 Å². The van der Waals surface area contributed by atoms with Gasteiger partial charge in [0.25, 0.3) is 0 Å². The first-order valence-electron chi connectivity index (χ1n) is 10.0. The number of hydrogen-bond acceptors (Lipinski definition) is 3. The van der Waals surface area contributed by atoms with E-state index in [1.807, 2.05) is 6.92 Å². The molecule has 0 atom stereocenters. The van der Waals surface area contributed by atoms with Gasteiger partial charge in [-0.15, -0.1) is 24.0 Å². The summed E-state index contributed by atoms with van der Waals surface area (Å²) in [7, 11) is -5.22. The summed E-state index contributed by atoms with van der Waals surface area (Å²) in [6.45, 7) is 3.73. The van der Waals surface area contributed by atoms with Gasteiger partial charge < -0.3 is 10.6 Å². The molecule has 0 spiro atoms. The lowest BCUT2D eigenvalue weighted by molar-refractivity contribution is -0.0496. The summed E-state index contributed by atoms with van der Waals surface area (Å²) >= 11 is 0. The molecule has 0 radical (unpaired) electrons. The molecule has 11 heteroatoms. The van der Waals surface area contributed by atoms with E-state index in [1.165, 1.54) is 18.4 Å². The summed E-state index contributed by atoms with van der Waals surface area (Å²) in [5.41, 5.74) is -3.75. The standard InChI is InChI=1S/C18H31F3N4O2S.HI/c1-2-22-17(23-11-8-15-6-4-3-5-7-15)24-14-16-9-12-25(13-10-16)28(26,27)18(19,20)21;/h6,16H,2-5,7-14H2,1H3,(H2,22,23,24);1H. The van der Waals surface area contributed by atoms with Gasteiger partial charge >= 0.3 is 15.5 Å². The first kappa shape index (κ1) is 26.5. The molecule has 2 N–H and O–H groups in total. The van der Waals surface area contributed by atoms with E-state index in [2.05, 4.69) is 21.7 Å². The van der Waals surface area contributed by atoms with Crippen LogP contribution in [0.1, 0.15) is 51.9 Å². The van der Waals surface area contributed by atoms with Crippen molar-refractivity contribution in [3.8, 4) is 0 Å². The maximum absolute atomic E-state index is 12.6. The zero-order valence-electron chi connectivity index (χ0n) is 16.8. The molecule has 1 fully saturated rings. The Bertz CT molecular complexity index is 661. The predicted molar refractivity (Wildman–Crippen MR) is 120 cm³/mol. The average molecular weight is 552 g/mol. The van der Waals surface area contributed by atoms with Gasteiger partial charge in [-0.1, -0.05) is 11.6 Å². The van der Waals surface area contributed by atoms with Crippen molar-refractivity contribution >= 4 is 40.0 Å². The minimum atomic E-state index is -5.23. The molecule has 0 aromatic heterocycles. The summed E-state index contributed by atoms with van der Waals surface area (Å²) in [4.78, 5) is 4.54. The van der Waals surface area contributed by atoms with Crippen LogP contribution in [-0.2, 0) is 10.0 Å². The number of allylic oxidation sites excluding steroid dienone is 1. The number of nitrogens with one attached hydrogen (secondary N) is 2. The second kappa shape index (κ2) is 12.3. The van der Waals surface area contributed by atoms with Crippen LogP contribution in [0.4, 0.5) is 13.2 Å². The maximum atomic E-state index is 12.6. The Morgan fingerprint density at radius 1 is 1.24 bits per heavy atom. The molecule has 1 aliphatic carbocycles. The van der Waals surface area contributed by atoms with Crippen LogP contribution in [-0.4, -0.2) is 56.9 Å². The summed E-state index contributed by atoms with van der Waals surface area (Å²) < 4.78 is 61.4. The number of rotatable bonds is 7. The highest BCUT2D eigenvalue weighted by Gasteiger charge is 2.50. The lowest BCUT2D eigenvalue weighted by atomic mass is 9.97. The summed E-state index contributed by atoms with van der Waals surface area (Å²) in [6.07, 6.45) is 8.90. The third-order valence-electron chi connectivity index (χ3n) is 5.18. The Morgan fingerprint density at radius 3 is 2.48 bits per heavy atom. The van der Waals surface area contributed by atoms with Gasteiger partial charge in [0.05, 0.1) is 0 Å². The first-order valence-corrected chi connectivity index (χ1v) is 11.4. The molecule has 1 aliphatic heterocycles. The number of hydrogen-bond donors (Lipinski definition) is 2. The normalized spacial score (nSPS) is 20.0. The molecule has 6 nitrogen and oxygen atoms in total. The molecule has 170 valence electrons. The monoisotopic (exact) mass is 552 g/mol. The van der Waals surface area contributed by atoms with Crippen molar-refractivity contribution in [1.29, 1.82) is 0 Å². The van der Waals surface area contributed by atoms with E-state index in [0.29, 0.717) is 29.7 Å². The van der Waals surface area contributed by atoms with Gasteiger partial charge in [0.1, 0.15) is 0 Å². The van der Waals surface area contributed by atoms with Crippen LogP contribution in [0, 0.1) is 5.92 Å². The largest absolute Gasteiger partial charge is 0.511 e. The Hall–Kier alpha value is -0.560. The van der Waals surface area contributed by atoms with Crippen molar-refractivity contribution in [1.82, 2.24) is 14.9 Å². The topological polar surface area (TPSA) is 73.8 Å². The van der Waals surface area contributed by atoms with E-state index in [1.54, 1.807) is 0 Å². The quantitative estimate of drug-likeness (QED) is 0.219. The maximum Gasteiger partial charge on any atom is 0.511 e. The van der Waals surface area contributed by atoms with Crippen LogP contribution >= 0.6 is 24.0 Å². The van der Waals surface area contributed by atoms with Gasteiger partial charge in [-0.05, 0) is 57.8 Å². The number of piperidine rings is 1. The van der Waals surface area contributed by atoms with Crippen LogP contribution in [0.5, 0.6) is 0 Å². The molecular formula is C18H32F3IN4O2S. The minimum absolute atomic E-state index is 0. The molecule has 2 aliphatic rings.